The first-order valence-electron chi connectivity index (χ1n) is 11.1. The van der Waals surface area contributed by atoms with Gasteiger partial charge in [-0.05, 0) is 48.9 Å². The Labute approximate surface area is 176 Å². The SMILES string of the molecule is CCCc1nc2c(n1Cc1ccccc1)C1(O)CC1CC2O[Si](C)(C)C(C)(C)C. The molecule has 1 saturated carbocycles. The zero-order chi connectivity index (χ0) is 21.0. The minimum absolute atomic E-state index is 0.00583. The predicted molar refractivity (Wildman–Crippen MR) is 119 cm³/mol. The molecule has 4 rings (SSSR count). The van der Waals surface area contributed by atoms with Crippen molar-refractivity contribution in [3.63, 3.8) is 0 Å². The van der Waals surface area contributed by atoms with Gasteiger partial charge < -0.3 is 14.1 Å². The fraction of sp³-hybridized carbons (Fsp3) is 0.625. The molecule has 0 saturated heterocycles. The third kappa shape index (κ3) is 3.62. The quantitative estimate of drug-likeness (QED) is 0.632. The summed E-state index contributed by atoms with van der Waals surface area (Å²) in [5.74, 6) is 1.39. The second-order valence-corrected chi connectivity index (χ2v) is 15.3. The number of aryl methyl sites for hydroxylation is 1. The lowest BCUT2D eigenvalue weighted by molar-refractivity contribution is 0.0735. The number of nitrogens with zero attached hydrogens (tertiary/aromatic N) is 2. The van der Waals surface area contributed by atoms with Crippen LogP contribution in [0.5, 0.6) is 0 Å². The van der Waals surface area contributed by atoms with Crippen LogP contribution < -0.4 is 0 Å². The molecule has 0 amide bonds. The van der Waals surface area contributed by atoms with Crippen molar-refractivity contribution < 1.29 is 9.53 Å². The molecular formula is C24H36N2O2Si. The molecule has 1 fully saturated rings. The van der Waals surface area contributed by atoms with Crippen molar-refractivity contribution in [3.8, 4) is 0 Å². The van der Waals surface area contributed by atoms with E-state index in [4.69, 9.17) is 9.41 Å². The van der Waals surface area contributed by atoms with E-state index in [1.54, 1.807) is 0 Å². The average molecular weight is 413 g/mol. The van der Waals surface area contributed by atoms with Crippen molar-refractivity contribution in [2.45, 2.75) is 89.8 Å². The van der Waals surface area contributed by atoms with Gasteiger partial charge in [0.05, 0.1) is 17.5 Å². The fourth-order valence-electron chi connectivity index (χ4n) is 4.44. The standard InChI is InChI=1S/C24H36N2O2Si/c1-7-11-20-25-21-19(28-29(5,6)23(2,3)4)14-18-15-24(18,27)22(21)26(20)16-17-12-9-8-10-13-17/h8-10,12-13,18-19,27H,7,11,14-16H2,1-6H3. The van der Waals surface area contributed by atoms with Crippen LogP contribution in [0.2, 0.25) is 18.1 Å². The second kappa shape index (κ2) is 7.07. The zero-order valence-electron chi connectivity index (χ0n) is 18.8. The topological polar surface area (TPSA) is 47.3 Å². The Morgan fingerprint density at radius 1 is 1.24 bits per heavy atom. The Balaban J connectivity index is 1.76. The summed E-state index contributed by atoms with van der Waals surface area (Å²) in [6, 6.07) is 10.5. The molecule has 0 spiro atoms. The Kier molecular flexibility index (Phi) is 5.08. The van der Waals surface area contributed by atoms with Gasteiger partial charge in [0, 0.05) is 13.0 Å². The maximum Gasteiger partial charge on any atom is 0.192 e. The highest BCUT2D eigenvalue weighted by Gasteiger charge is 2.62. The van der Waals surface area contributed by atoms with E-state index in [0.717, 1.165) is 49.4 Å². The highest BCUT2D eigenvalue weighted by molar-refractivity contribution is 6.74. The predicted octanol–water partition coefficient (Wildman–Crippen LogP) is 5.56. The largest absolute Gasteiger partial charge is 0.408 e. The fourth-order valence-corrected chi connectivity index (χ4v) is 5.71. The minimum atomic E-state index is -1.93. The molecule has 0 aliphatic heterocycles. The van der Waals surface area contributed by atoms with Crippen LogP contribution in [-0.4, -0.2) is 23.0 Å². The molecule has 1 aromatic heterocycles. The van der Waals surface area contributed by atoms with Crippen molar-refractivity contribution in [3.05, 3.63) is 53.1 Å². The molecule has 1 N–H and O–H groups in total. The highest BCUT2D eigenvalue weighted by Crippen LogP contribution is 2.62. The lowest BCUT2D eigenvalue weighted by Gasteiger charge is -2.40. The van der Waals surface area contributed by atoms with Crippen LogP contribution in [0.4, 0.5) is 0 Å². The molecule has 2 aliphatic rings. The maximum absolute atomic E-state index is 11.4. The van der Waals surface area contributed by atoms with Gasteiger partial charge in [-0.1, -0.05) is 58.0 Å². The number of aromatic nitrogens is 2. The van der Waals surface area contributed by atoms with E-state index in [1.165, 1.54) is 5.56 Å². The molecule has 3 atom stereocenters. The van der Waals surface area contributed by atoms with Gasteiger partial charge in [-0.2, -0.15) is 0 Å². The summed E-state index contributed by atoms with van der Waals surface area (Å²) >= 11 is 0. The molecule has 2 aromatic rings. The number of fused-ring (bicyclic) bond motifs is 3. The number of imidazole rings is 1. The van der Waals surface area contributed by atoms with E-state index in [0.29, 0.717) is 5.92 Å². The van der Waals surface area contributed by atoms with Crippen LogP contribution in [-0.2, 0) is 23.0 Å². The first kappa shape index (κ1) is 20.8. The molecule has 3 unspecified atom stereocenters. The van der Waals surface area contributed by atoms with Gasteiger partial charge in [0.1, 0.15) is 11.4 Å². The third-order valence-corrected chi connectivity index (χ3v) is 11.7. The second-order valence-electron chi connectivity index (χ2n) is 10.5. The van der Waals surface area contributed by atoms with E-state index in [1.807, 2.05) is 6.07 Å². The van der Waals surface area contributed by atoms with Gasteiger partial charge in [-0.15, -0.1) is 0 Å². The number of aliphatic hydroxyl groups is 1. The summed E-state index contributed by atoms with van der Waals surface area (Å²) in [6.45, 7) is 14.4. The smallest absolute Gasteiger partial charge is 0.192 e. The summed E-state index contributed by atoms with van der Waals surface area (Å²) in [5.41, 5.74) is 2.57. The Morgan fingerprint density at radius 3 is 2.55 bits per heavy atom. The van der Waals surface area contributed by atoms with E-state index in [2.05, 4.69) is 69.6 Å². The van der Waals surface area contributed by atoms with Crippen LogP contribution in [0.1, 0.15) is 75.8 Å². The summed E-state index contributed by atoms with van der Waals surface area (Å²) in [5, 5.41) is 11.6. The van der Waals surface area contributed by atoms with Crippen molar-refractivity contribution in [1.82, 2.24) is 9.55 Å². The monoisotopic (exact) mass is 412 g/mol. The molecule has 0 bridgehead atoms. The number of hydrogen-bond acceptors (Lipinski definition) is 3. The normalized spacial score (nSPS) is 26.2. The van der Waals surface area contributed by atoms with Crippen molar-refractivity contribution in [2.75, 3.05) is 0 Å². The summed E-state index contributed by atoms with van der Waals surface area (Å²) in [7, 11) is -1.93. The van der Waals surface area contributed by atoms with E-state index >= 15 is 0 Å². The van der Waals surface area contributed by atoms with E-state index in [-0.39, 0.29) is 11.1 Å². The highest BCUT2D eigenvalue weighted by atomic mass is 28.4. The lowest BCUT2D eigenvalue weighted by Crippen LogP contribution is -2.43. The van der Waals surface area contributed by atoms with Crippen molar-refractivity contribution in [2.24, 2.45) is 5.92 Å². The molecule has 5 heteroatoms. The Morgan fingerprint density at radius 2 is 1.93 bits per heavy atom. The average Bonchev–Trinajstić information content (AvgIpc) is 3.16. The number of rotatable bonds is 6. The molecule has 29 heavy (non-hydrogen) atoms. The number of benzene rings is 1. The van der Waals surface area contributed by atoms with Gasteiger partial charge in [0.25, 0.3) is 0 Å². The van der Waals surface area contributed by atoms with Crippen LogP contribution in [0.15, 0.2) is 30.3 Å². The van der Waals surface area contributed by atoms with Crippen LogP contribution >= 0.6 is 0 Å². The van der Waals surface area contributed by atoms with Gasteiger partial charge >= 0.3 is 0 Å². The van der Waals surface area contributed by atoms with Crippen molar-refractivity contribution in [1.29, 1.82) is 0 Å². The van der Waals surface area contributed by atoms with Gasteiger partial charge in [-0.25, -0.2) is 4.98 Å². The molecular weight excluding hydrogens is 376 g/mol. The first-order valence-corrected chi connectivity index (χ1v) is 14.0. The summed E-state index contributed by atoms with van der Waals surface area (Å²) in [4.78, 5) is 5.11. The molecule has 1 heterocycles. The summed E-state index contributed by atoms with van der Waals surface area (Å²) in [6.07, 6.45) is 3.70. The Bertz CT molecular complexity index is 884. The lowest BCUT2D eigenvalue weighted by atomic mass is 9.95. The maximum atomic E-state index is 11.4. The van der Waals surface area contributed by atoms with Gasteiger partial charge in [-0.3, -0.25) is 0 Å². The van der Waals surface area contributed by atoms with E-state index < -0.39 is 13.9 Å². The third-order valence-electron chi connectivity index (χ3n) is 7.26. The Hall–Kier alpha value is -1.43. The first-order chi connectivity index (χ1) is 13.6. The number of hydrogen-bond donors (Lipinski definition) is 1. The van der Waals surface area contributed by atoms with Crippen LogP contribution in [0, 0.1) is 5.92 Å². The molecule has 0 radical (unpaired) electrons. The summed E-state index contributed by atoms with van der Waals surface area (Å²) < 4.78 is 9.16. The van der Waals surface area contributed by atoms with Crippen LogP contribution in [0.3, 0.4) is 0 Å². The molecule has 4 nitrogen and oxygen atoms in total. The minimum Gasteiger partial charge on any atom is -0.408 e. The molecule has 158 valence electrons. The van der Waals surface area contributed by atoms with E-state index in [9.17, 15) is 5.11 Å². The molecule has 2 aliphatic carbocycles. The molecule has 1 aromatic carbocycles. The van der Waals surface area contributed by atoms with Gasteiger partial charge in [0.15, 0.2) is 8.32 Å². The van der Waals surface area contributed by atoms with Crippen LogP contribution in [0.25, 0.3) is 0 Å². The van der Waals surface area contributed by atoms with Crippen molar-refractivity contribution >= 4 is 8.32 Å². The van der Waals surface area contributed by atoms with Gasteiger partial charge in [0.2, 0.25) is 0 Å². The zero-order valence-corrected chi connectivity index (χ0v) is 19.8.